The highest BCUT2D eigenvalue weighted by atomic mass is 16.5. The molecule has 0 saturated heterocycles. The van der Waals surface area contributed by atoms with Crippen LogP contribution >= 0.6 is 0 Å². The molecule has 4 nitrogen and oxygen atoms in total. The fourth-order valence-corrected chi connectivity index (χ4v) is 1.71. The van der Waals surface area contributed by atoms with Gasteiger partial charge in [-0.2, -0.15) is 0 Å². The Balaban J connectivity index is 2.66. The maximum absolute atomic E-state index is 10.4. The second kappa shape index (κ2) is 7.01. The molecule has 0 aliphatic carbocycles. The minimum Gasteiger partial charge on any atom is -0.496 e. The van der Waals surface area contributed by atoms with E-state index in [0.29, 0.717) is 19.0 Å². The number of carbonyl (C=O) groups is 1. The maximum atomic E-state index is 10.4. The molecule has 0 unspecified atom stereocenters. The van der Waals surface area contributed by atoms with Gasteiger partial charge in [-0.25, -0.2) is 0 Å². The largest absolute Gasteiger partial charge is 0.496 e. The summed E-state index contributed by atoms with van der Waals surface area (Å²) in [5.74, 6) is 0.515. The van der Waals surface area contributed by atoms with E-state index in [2.05, 4.69) is 31.3 Å². The Bertz CT molecular complexity index is 402. The molecule has 0 heterocycles. The zero-order valence-electron chi connectivity index (χ0n) is 11.2. The van der Waals surface area contributed by atoms with E-state index in [1.54, 1.807) is 7.11 Å². The van der Waals surface area contributed by atoms with E-state index in [0.717, 1.165) is 11.3 Å². The molecule has 1 rings (SSSR count). The number of nitrogens with one attached hydrogen (secondary N) is 1. The second-order valence-electron chi connectivity index (χ2n) is 4.55. The van der Waals surface area contributed by atoms with E-state index in [9.17, 15) is 4.79 Å². The monoisotopic (exact) mass is 251 g/mol. The van der Waals surface area contributed by atoms with E-state index >= 15 is 0 Å². The molecule has 1 aromatic carbocycles. The Morgan fingerprint density at radius 2 is 2.17 bits per heavy atom. The van der Waals surface area contributed by atoms with Crippen LogP contribution < -0.4 is 10.1 Å². The Labute approximate surface area is 108 Å². The number of carboxylic acids is 1. The van der Waals surface area contributed by atoms with Gasteiger partial charge in [-0.15, -0.1) is 0 Å². The molecule has 1 aromatic rings. The molecule has 4 heteroatoms. The molecule has 18 heavy (non-hydrogen) atoms. The molecular weight excluding hydrogens is 230 g/mol. The average Bonchev–Trinajstić information content (AvgIpc) is 2.34. The summed E-state index contributed by atoms with van der Waals surface area (Å²) in [7, 11) is 1.64. The number of ether oxygens (including phenoxy) is 1. The molecule has 100 valence electrons. The summed E-state index contributed by atoms with van der Waals surface area (Å²) in [4.78, 5) is 10.4. The zero-order chi connectivity index (χ0) is 13.5. The lowest BCUT2D eigenvalue weighted by atomic mass is 10.0. The first-order valence-corrected chi connectivity index (χ1v) is 6.14. The van der Waals surface area contributed by atoms with Crippen molar-refractivity contribution in [3.05, 3.63) is 29.3 Å². The molecule has 0 radical (unpaired) electrons. The fraction of sp³-hybridized carbons (Fsp3) is 0.500. The number of benzene rings is 1. The third-order valence-electron chi connectivity index (χ3n) is 2.80. The van der Waals surface area contributed by atoms with Crippen LogP contribution in [0.3, 0.4) is 0 Å². The molecule has 0 spiro atoms. The SMILES string of the molecule is COc1ccc(C(C)C)cc1CNCCC(=O)O. The van der Waals surface area contributed by atoms with Crippen LogP contribution in [0.2, 0.25) is 0 Å². The molecule has 0 amide bonds. The topological polar surface area (TPSA) is 58.6 Å². The van der Waals surface area contributed by atoms with Gasteiger partial charge in [0.15, 0.2) is 0 Å². The highest BCUT2D eigenvalue weighted by molar-refractivity contribution is 5.66. The van der Waals surface area contributed by atoms with Gasteiger partial charge < -0.3 is 15.2 Å². The average molecular weight is 251 g/mol. The number of methoxy groups -OCH3 is 1. The van der Waals surface area contributed by atoms with Crippen LogP contribution in [0.4, 0.5) is 0 Å². The van der Waals surface area contributed by atoms with Gasteiger partial charge in [0.05, 0.1) is 13.5 Å². The van der Waals surface area contributed by atoms with Gasteiger partial charge in [-0.3, -0.25) is 4.79 Å². The predicted octanol–water partition coefficient (Wildman–Crippen LogP) is 2.38. The fourth-order valence-electron chi connectivity index (χ4n) is 1.71. The maximum Gasteiger partial charge on any atom is 0.304 e. The van der Waals surface area contributed by atoms with Gasteiger partial charge in [0.1, 0.15) is 5.75 Å². The first-order chi connectivity index (χ1) is 8.54. The molecule has 0 fully saturated rings. The number of rotatable bonds is 7. The quantitative estimate of drug-likeness (QED) is 0.730. The second-order valence-corrected chi connectivity index (χ2v) is 4.55. The van der Waals surface area contributed by atoms with Gasteiger partial charge >= 0.3 is 5.97 Å². The molecule has 2 N–H and O–H groups in total. The van der Waals surface area contributed by atoms with Crippen LogP contribution in [0.25, 0.3) is 0 Å². The summed E-state index contributed by atoms with van der Waals surface area (Å²) < 4.78 is 5.30. The van der Waals surface area contributed by atoms with Crippen molar-refractivity contribution in [2.24, 2.45) is 0 Å². The third-order valence-corrected chi connectivity index (χ3v) is 2.80. The summed E-state index contributed by atoms with van der Waals surface area (Å²) >= 11 is 0. The zero-order valence-corrected chi connectivity index (χ0v) is 11.2. The Hall–Kier alpha value is -1.55. The van der Waals surface area contributed by atoms with Crippen LogP contribution in [0.1, 0.15) is 37.3 Å². The Morgan fingerprint density at radius 3 is 2.72 bits per heavy atom. The highest BCUT2D eigenvalue weighted by Crippen LogP contribution is 2.23. The smallest absolute Gasteiger partial charge is 0.304 e. The first-order valence-electron chi connectivity index (χ1n) is 6.14. The van der Waals surface area contributed by atoms with Gasteiger partial charge in [0.25, 0.3) is 0 Å². The molecule has 0 atom stereocenters. The summed E-state index contributed by atoms with van der Waals surface area (Å²) in [5.41, 5.74) is 2.32. The normalized spacial score (nSPS) is 10.7. The molecule has 0 aliphatic heterocycles. The minimum absolute atomic E-state index is 0.131. The van der Waals surface area contributed by atoms with Crippen molar-refractivity contribution in [1.29, 1.82) is 0 Å². The van der Waals surface area contributed by atoms with E-state index in [1.807, 2.05) is 6.07 Å². The van der Waals surface area contributed by atoms with E-state index in [1.165, 1.54) is 5.56 Å². The molecule has 0 aromatic heterocycles. The van der Waals surface area contributed by atoms with Crippen molar-refractivity contribution in [3.8, 4) is 5.75 Å². The number of hydrogen-bond acceptors (Lipinski definition) is 3. The molecular formula is C14H21NO3. The van der Waals surface area contributed by atoms with Crippen LogP contribution in [0.15, 0.2) is 18.2 Å². The van der Waals surface area contributed by atoms with Gasteiger partial charge in [0.2, 0.25) is 0 Å². The summed E-state index contributed by atoms with van der Waals surface area (Å²) in [6.45, 7) is 5.37. The van der Waals surface area contributed by atoms with Gasteiger partial charge in [-0.1, -0.05) is 26.0 Å². The lowest BCUT2D eigenvalue weighted by Crippen LogP contribution is -2.18. The van der Waals surface area contributed by atoms with E-state index in [4.69, 9.17) is 9.84 Å². The lowest BCUT2D eigenvalue weighted by Gasteiger charge is -2.13. The Kier molecular flexibility index (Phi) is 5.65. The third kappa shape index (κ3) is 4.37. The number of aliphatic carboxylic acids is 1. The van der Waals surface area contributed by atoms with Crippen molar-refractivity contribution in [3.63, 3.8) is 0 Å². The van der Waals surface area contributed by atoms with E-state index < -0.39 is 5.97 Å². The predicted molar refractivity (Wildman–Crippen MR) is 71.0 cm³/mol. The van der Waals surface area contributed by atoms with Crippen molar-refractivity contribution in [1.82, 2.24) is 5.32 Å². The molecule has 0 bridgehead atoms. The summed E-state index contributed by atoms with van der Waals surface area (Å²) in [5, 5.41) is 11.7. The van der Waals surface area contributed by atoms with Crippen molar-refractivity contribution < 1.29 is 14.6 Å². The van der Waals surface area contributed by atoms with Crippen LogP contribution in [0, 0.1) is 0 Å². The number of carboxylic acid groups (broad SMARTS) is 1. The van der Waals surface area contributed by atoms with Crippen LogP contribution in [-0.4, -0.2) is 24.7 Å². The Morgan fingerprint density at radius 1 is 1.44 bits per heavy atom. The molecule has 0 saturated carbocycles. The van der Waals surface area contributed by atoms with Gasteiger partial charge in [0, 0.05) is 18.7 Å². The minimum atomic E-state index is -0.787. The number of hydrogen-bond donors (Lipinski definition) is 2. The van der Waals surface area contributed by atoms with Gasteiger partial charge in [-0.05, 0) is 17.5 Å². The summed E-state index contributed by atoms with van der Waals surface area (Å²) in [6.07, 6.45) is 0.131. The van der Waals surface area contributed by atoms with Crippen molar-refractivity contribution in [2.75, 3.05) is 13.7 Å². The lowest BCUT2D eigenvalue weighted by molar-refractivity contribution is -0.136. The van der Waals surface area contributed by atoms with Crippen molar-refractivity contribution >= 4 is 5.97 Å². The van der Waals surface area contributed by atoms with Crippen molar-refractivity contribution in [2.45, 2.75) is 32.7 Å². The van der Waals surface area contributed by atoms with E-state index in [-0.39, 0.29) is 6.42 Å². The van der Waals surface area contributed by atoms with Crippen LogP contribution in [-0.2, 0) is 11.3 Å². The standard InChI is InChI=1S/C14H21NO3/c1-10(2)11-4-5-13(18-3)12(8-11)9-15-7-6-14(16)17/h4-5,8,10,15H,6-7,9H2,1-3H3,(H,16,17). The highest BCUT2D eigenvalue weighted by Gasteiger charge is 2.07. The van der Waals surface area contributed by atoms with Crippen LogP contribution in [0.5, 0.6) is 5.75 Å². The summed E-state index contributed by atoms with van der Waals surface area (Å²) in [6, 6.07) is 6.13. The first kappa shape index (κ1) is 14.5. The molecule has 0 aliphatic rings.